The molecule has 0 bridgehead atoms. The van der Waals surface area contributed by atoms with E-state index in [1.165, 1.54) is 0 Å². The number of aryl methyl sites for hydroxylation is 1. The Morgan fingerprint density at radius 1 is 1.28 bits per heavy atom. The number of anilines is 1. The minimum absolute atomic E-state index is 0.0619. The predicted molar refractivity (Wildman–Crippen MR) is 115 cm³/mol. The zero-order valence-electron chi connectivity index (χ0n) is 16.7. The molecule has 1 fully saturated rings. The van der Waals surface area contributed by atoms with Crippen LogP contribution in [0.4, 0.5) is 5.69 Å². The number of benzene rings is 2. The minimum Gasteiger partial charge on any atom is -0.496 e. The molecular weight excluding hydrogens is 434 g/mol. The van der Waals surface area contributed by atoms with E-state index in [-0.39, 0.29) is 23.9 Å². The Balaban J connectivity index is 1.35. The highest BCUT2D eigenvalue weighted by Gasteiger charge is 2.42. The minimum atomic E-state index is -0.273. The third kappa shape index (κ3) is 3.65. The van der Waals surface area contributed by atoms with Gasteiger partial charge in [0.1, 0.15) is 5.75 Å². The molecule has 0 radical (unpaired) electrons. The number of likely N-dealkylation sites (tertiary alicyclic amines) is 1. The molecule has 29 heavy (non-hydrogen) atoms. The first-order valence-electron chi connectivity index (χ1n) is 9.67. The van der Waals surface area contributed by atoms with E-state index < -0.39 is 0 Å². The van der Waals surface area contributed by atoms with Gasteiger partial charge in [-0.15, -0.1) is 0 Å². The lowest BCUT2D eigenvalue weighted by Crippen LogP contribution is -2.63. The van der Waals surface area contributed by atoms with Gasteiger partial charge in [-0.3, -0.25) is 14.5 Å². The van der Waals surface area contributed by atoms with Gasteiger partial charge in [-0.1, -0.05) is 28.1 Å². The van der Waals surface area contributed by atoms with Crippen molar-refractivity contribution in [2.24, 2.45) is 0 Å². The van der Waals surface area contributed by atoms with Crippen molar-refractivity contribution in [1.29, 1.82) is 0 Å². The maximum Gasteiger partial charge on any atom is 0.254 e. The van der Waals surface area contributed by atoms with Crippen LogP contribution in [0.2, 0.25) is 0 Å². The molecule has 152 valence electrons. The van der Waals surface area contributed by atoms with E-state index in [2.05, 4.69) is 26.1 Å². The summed E-state index contributed by atoms with van der Waals surface area (Å²) in [6.07, 6.45) is 0. The molecule has 0 saturated carbocycles. The summed E-state index contributed by atoms with van der Waals surface area (Å²) in [5, 5.41) is 2.96. The maximum atomic E-state index is 12.7. The van der Waals surface area contributed by atoms with Crippen LogP contribution in [-0.4, -0.2) is 53.9 Å². The van der Waals surface area contributed by atoms with E-state index in [9.17, 15) is 9.59 Å². The molecule has 2 aromatic carbocycles. The van der Waals surface area contributed by atoms with Gasteiger partial charge in [0.15, 0.2) is 0 Å². The third-order valence-corrected chi connectivity index (χ3v) is 6.62. The molecule has 2 heterocycles. The highest BCUT2D eigenvalue weighted by Crippen LogP contribution is 2.33. The van der Waals surface area contributed by atoms with Gasteiger partial charge < -0.3 is 15.0 Å². The number of rotatable bonds is 5. The summed E-state index contributed by atoms with van der Waals surface area (Å²) >= 11 is 3.54. The van der Waals surface area contributed by atoms with Crippen molar-refractivity contribution in [2.45, 2.75) is 32.5 Å². The number of ether oxygens (including phenoxy) is 1. The summed E-state index contributed by atoms with van der Waals surface area (Å²) in [4.78, 5) is 29.4. The molecule has 2 aliphatic heterocycles. The fraction of sp³-hybridized carbons (Fsp3) is 0.364. The number of fused-ring (bicyclic) bond motifs is 1. The van der Waals surface area contributed by atoms with E-state index in [4.69, 9.17) is 4.74 Å². The number of halogens is 1. The number of nitrogens with one attached hydrogen (secondary N) is 1. The van der Waals surface area contributed by atoms with Crippen LogP contribution >= 0.6 is 15.9 Å². The summed E-state index contributed by atoms with van der Waals surface area (Å²) in [5.41, 5.74) is 3.57. The first-order valence-corrected chi connectivity index (χ1v) is 10.5. The second-order valence-corrected chi connectivity index (χ2v) is 8.51. The SMILES string of the molecule is COc1cc(NC(=O)C(C)N2CC(N3Cc4c(Br)cccc4C3=O)C2)ccc1C. The predicted octanol–water partition coefficient (Wildman–Crippen LogP) is 3.43. The van der Waals surface area contributed by atoms with Crippen LogP contribution in [0.5, 0.6) is 5.75 Å². The Morgan fingerprint density at radius 3 is 2.72 bits per heavy atom. The lowest BCUT2D eigenvalue weighted by atomic mass is 10.0. The van der Waals surface area contributed by atoms with Gasteiger partial charge in [0.05, 0.1) is 19.2 Å². The van der Waals surface area contributed by atoms with Crippen molar-refractivity contribution in [3.8, 4) is 5.75 Å². The van der Waals surface area contributed by atoms with E-state index in [1.807, 2.05) is 55.1 Å². The van der Waals surface area contributed by atoms with Gasteiger partial charge in [-0.05, 0) is 43.2 Å². The van der Waals surface area contributed by atoms with Gasteiger partial charge >= 0.3 is 0 Å². The molecule has 0 aromatic heterocycles. The van der Waals surface area contributed by atoms with Crippen molar-refractivity contribution >= 4 is 33.4 Å². The molecule has 2 aromatic rings. The number of nitrogens with zero attached hydrogens (tertiary/aromatic N) is 2. The van der Waals surface area contributed by atoms with Crippen LogP contribution in [0.3, 0.4) is 0 Å². The average Bonchev–Trinajstić information content (AvgIpc) is 3.00. The summed E-state index contributed by atoms with van der Waals surface area (Å²) < 4.78 is 6.30. The lowest BCUT2D eigenvalue weighted by molar-refractivity contribution is -0.123. The highest BCUT2D eigenvalue weighted by molar-refractivity contribution is 9.10. The Kier molecular flexibility index (Phi) is 5.36. The number of amides is 2. The Labute approximate surface area is 178 Å². The number of methoxy groups -OCH3 is 1. The second kappa shape index (κ2) is 7.80. The van der Waals surface area contributed by atoms with Gasteiger partial charge in [0.25, 0.3) is 5.91 Å². The first kappa shape index (κ1) is 19.9. The zero-order chi connectivity index (χ0) is 20.7. The number of carbonyl (C=O) groups excluding carboxylic acids is 2. The third-order valence-electron chi connectivity index (χ3n) is 5.87. The number of carbonyl (C=O) groups is 2. The van der Waals surface area contributed by atoms with Crippen LogP contribution in [0.25, 0.3) is 0 Å². The first-order chi connectivity index (χ1) is 13.9. The lowest BCUT2D eigenvalue weighted by Gasteiger charge is -2.46. The highest BCUT2D eigenvalue weighted by atomic mass is 79.9. The zero-order valence-corrected chi connectivity index (χ0v) is 18.3. The normalized spacial score (nSPS) is 17.7. The van der Waals surface area contributed by atoms with Gasteiger partial charge in [-0.25, -0.2) is 0 Å². The van der Waals surface area contributed by atoms with Gasteiger partial charge in [0.2, 0.25) is 5.91 Å². The van der Waals surface area contributed by atoms with Gasteiger partial charge in [-0.2, -0.15) is 0 Å². The van der Waals surface area contributed by atoms with Crippen molar-refractivity contribution in [1.82, 2.24) is 9.80 Å². The molecule has 0 spiro atoms. The van der Waals surface area contributed by atoms with E-state index in [0.29, 0.717) is 19.6 Å². The molecule has 1 atom stereocenters. The topological polar surface area (TPSA) is 61.9 Å². The molecule has 4 rings (SSSR count). The standard InChI is InChI=1S/C22H24BrN3O3/c1-13-7-8-15(9-20(13)29-3)24-21(27)14(2)25-10-16(11-25)26-12-18-17(22(26)28)5-4-6-19(18)23/h4-9,14,16H,10-12H2,1-3H3,(H,24,27). The molecular formula is C22H24BrN3O3. The molecule has 1 N–H and O–H groups in total. The quantitative estimate of drug-likeness (QED) is 0.746. The van der Waals surface area contributed by atoms with Crippen molar-refractivity contribution < 1.29 is 14.3 Å². The molecule has 1 unspecified atom stereocenters. The summed E-state index contributed by atoms with van der Waals surface area (Å²) in [6.45, 7) is 5.88. The molecule has 2 amide bonds. The van der Waals surface area contributed by atoms with Crippen LogP contribution < -0.4 is 10.1 Å². The van der Waals surface area contributed by atoms with Crippen LogP contribution in [-0.2, 0) is 11.3 Å². The van der Waals surface area contributed by atoms with E-state index in [0.717, 1.165) is 32.6 Å². The summed E-state index contributed by atoms with van der Waals surface area (Å²) in [5.74, 6) is 0.765. The average molecular weight is 458 g/mol. The second-order valence-electron chi connectivity index (χ2n) is 7.66. The number of hydrogen-bond donors (Lipinski definition) is 1. The maximum absolute atomic E-state index is 12.7. The fourth-order valence-corrected chi connectivity index (χ4v) is 4.41. The van der Waals surface area contributed by atoms with E-state index in [1.54, 1.807) is 7.11 Å². The molecule has 6 nitrogen and oxygen atoms in total. The van der Waals surface area contributed by atoms with Gasteiger partial charge in [0, 0.05) is 41.4 Å². The Bertz CT molecular complexity index is 972. The monoisotopic (exact) mass is 457 g/mol. The van der Waals surface area contributed by atoms with Crippen molar-refractivity contribution in [3.63, 3.8) is 0 Å². The Morgan fingerprint density at radius 2 is 2.03 bits per heavy atom. The fourth-order valence-electron chi connectivity index (χ4n) is 3.92. The summed E-state index contributed by atoms with van der Waals surface area (Å²) in [6, 6.07) is 11.2. The van der Waals surface area contributed by atoms with Crippen LogP contribution in [0, 0.1) is 6.92 Å². The molecule has 0 aliphatic carbocycles. The molecule has 7 heteroatoms. The molecule has 1 saturated heterocycles. The Hall–Kier alpha value is -2.38. The van der Waals surface area contributed by atoms with Crippen molar-refractivity contribution in [3.05, 3.63) is 57.6 Å². The molecule has 2 aliphatic rings. The van der Waals surface area contributed by atoms with E-state index >= 15 is 0 Å². The van der Waals surface area contributed by atoms with Crippen LogP contribution in [0.15, 0.2) is 40.9 Å². The van der Waals surface area contributed by atoms with Crippen LogP contribution in [0.1, 0.15) is 28.4 Å². The largest absolute Gasteiger partial charge is 0.496 e. The number of hydrogen-bond acceptors (Lipinski definition) is 4. The smallest absolute Gasteiger partial charge is 0.254 e. The summed E-state index contributed by atoms with van der Waals surface area (Å²) in [7, 11) is 1.62. The van der Waals surface area contributed by atoms with Crippen molar-refractivity contribution in [2.75, 3.05) is 25.5 Å².